The van der Waals surface area contributed by atoms with Crippen LogP contribution in [0.5, 0.6) is 0 Å². The lowest BCUT2D eigenvalue weighted by Gasteiger charge is -2.09. The molecule has 0 saturated heterocycles. The first-order valence-corrected chi connectivity index (χ1v) is 9.52. The van der Waals surface area contributed by atoms with Crippen molar-refractivity contribution in [1.82, 2.24) is 24.2 Å². The Bertz CT molecular complexity index is 905. The Labute approximate surface area is 143 Å². The van der Waals surface area contributed by atoms with Gasteiger partial charge >= 0.3 is 0 Å². The largest absolute Gasteiger partial charge is 0.369 e. The maximum absolute atomic E-state index is 12.0. The Morgan fingerprint density at radius 3 is 2.83 bits per heavy atom. The molecule has 0 unspecified atom stereocenters. The zero-order valence-corrected chi connectivity index (χ0v) is 14.5. The summed E-state index contributed by atoms with van der Waals surface area (Å²) in [7, 11) is -3.44. The van der Waals surface area contributed by atoms with Gasteiger partial charge in [0, 0.05) is 31.5 Å². The van der Waals surface area contributed by atoms with Gasteiger partial charge < -0.3 is 5.32 Å². The molecule has 0 fully saturated rings. The lowest BCUT2D eigenvalue weighted by atomic mass is 10.5. The van der Waals surface area contributed by atoms with Gasteiger partial charge in [0.05, 0.1) is 0 Å². The van der Waals surface area contributed by atoms with Crippen LogP contribution in [-0.4, -0.2) is 41.0 Å². The van der Waals surface area contributed by atoms with Crippen molar-refractivity contribution in [3.8, 4) is 5.82 Å². The molecule has 3 rings (SSSR count). The molecule has 0 bridgehead atoms. The smallest absolute Gasteiger partial charge is 0.250 e. The first-order chi connectivity index (χ1) is 11.6. The quantitative estimate of drug-likeness (QED) is 0.615. The molecule has 0 aliphatic heterocycles. The molecule has 8 nitrogen and oxygen atoms in total. The molecule has 3 aromatic rings. The fourth-order valence-electron chi connectivity index (χ4n) is 2.06. The second-order valence-electron chi connectivity index (χ2n) is 4.86. The molecule has 0 aliphatic carbocycles. The molecule has 0 amide bonds. The van der Waals surface area contributed by atoms with E-state index < -0.39 is 10.0 Å². The molecule has 10 heteroatoms. The molecule has 0 radical (unpaired) electrons. The molecule has 0 atom stereocenters. The van der Waals surface area contributed by atoms with Crippen molar-refractivity contribution in [1.29, 1.82) is 0 Å². The Morgan fingerprint density at radius 1 is 1.25 bits per heavy atom. The molecular weight excluding hydrogens is 348 g/mol. The third-order valence-electron chi connectivity index (χ3n) is 3.21. The number of imidazole rings is 1. The van der Waals surface area contributed by atoms with Crippen molar-refractivity contribution in [2.24, 2.45) is 0 Å². The molecule has 3 heterocycles. The first kappa shape index (κ1) is 16.6. The number of anilines is 1. The van der Waals surface area contributed by atoms with Crippen LogP contribution in [-0.2, 0) is 10.0 Å². The lowest BCUT2D eigenvalue weighted by Crippen LogP contribution is -2.28. The second-order valence-corrected chi connectivity index (χ2v) is 7.80. The van der Waals surface area contributed by atoms with Gasteiger partial charge in [0.25, 0.3) is 0 Å². The predicted molar refractivity (Wildman–Crippen MR) is 91.9 cm³/mol. The summed E-state index contributed by atoms with van der Waals surface area (Å²) in [5.74, 6) is 2.13. The minimum atomic E-state index is -3.44. The van der Waals surface area contributed by atoms with E-state index in [1.807, 2.05) is 17.7 Å². The number of aryl methyl sites for hydroxylation is 1. The fraction of sp³-hybridized carbons (Fsp3) is 0.214. The number of nitrogens with zero attached hydrogens (tertiary/aromatic N) is 4. The second kappa shape index (κ2) is 7.07. The summed E-state index contributed by atoms with van der Waals surface area (Å²) in [5, 5.41) is 4.81. The number of hydrogen-bond donors (Lipinski definition) is 2. The SMILES string of the molecule is Cc1nccn1-c1cc(NCCNS(=O)(=O)c2cccs2)ncn1. The summed E-state index contributed by atoms with van der Waals surface area (Å²) in [6, 6.07) is 5.06. The van der Waals surface area contributed by atoms with Crippen LogP contribution >= 0.6 is 11.3 Å². The third-order valence-corrected chi connectivity index (χ3v) is 6.07. The van der Waals surface area contributed by atoms with Crippen molar-refractivity contribution >= 4 is 27.2 Å². The maximum atomic E-state index is 12.0. The molecule has 3 aromatic heterocycles. The topological polar surface area (TPSA) is 102 Å². The average Bonchev–Trinajstić information content (AvgIpc) is 3.23. The van der Waals surface area contributed by atoms with Crippen LogP contribution in [0.2, 0.25) is 0 Å². The summed E-state index contributed by atoms with van der Waals surface area (Å²) in [6.45, 7) is 2.54. The van der Waals surface area contributed by atoms with Gasteiger partial charge in [-0.25, -0.2) is 28.1 Å². The van der Waals surface area contributed by atoms with E-state index in [1.165, 1.54) is 17.7 Å². The van der Waals surface area contributed by atoms with Gasteiger partial charge in [-0.15, -0.1) is 11.3 Å². The van der Waals surface area contributed by atoms with E-state index in [-0.39, 0.29) is 6.54 Å². The molecule has 0 saturated carbocycles. The number of rotatable bonds is 7. The molecule has 0 aromatic carbocycles. The van der Waals surface area contributed by atoms with Crippen LogP contribution in [0.3, 0.4) is 0 Å². The number of sulfonamides is 1. The van der Waals surface area contributed by atoms with E-state index in [9.17, 15) is 8.42 Å². The van der Waals surface area contributed by atoms with Crippen LogP contribution in [0, 0.1) is 6.92 Å². The summed E-state index contributed by atoms with van der Waals surface area (Å²) in [6.07, 6.45) is 4.97. The summed E-state index contributed by atoms with van der Waals surface area (Å²) in [4.78, 5) is 12.5. The molecule has 24 heavy (non-hydrogen) atoms. The average molecular weight is 364 g/mol. The van der Waals surface area contributed by atoms with E-state index >= 15 is 0 Å². The van der Waals surface area contributed by atoms with Gasteiger partial charge in [-0.1, -0.05) is 6.07 Å². The van der Waals surface area contributed by atoms with Crippen molar-refractivity contribution in [3.05, 3.63) is 48.1 Å². The first-order valence-electron chi connectivity index (χ1n) is 7.16. The summed E-state index contributed by atoms with van der Waals surface area (Å²) >= 11 is 1.19. The van der Waals surface area contributed by atoms with Crippen molar-refractivity contribution < 1.29 is 8.42 Å². The number of aromatic nitrogens is 4. The van der Waals surface area contributed by atoms with Crippen molar-refractivity contribution in [2.45, 2.75) is 11.1 Å². The van der Waals surface area contributed by atoms with Crippen molar-refractivity contribution in [3.63, 3.8) is 0 Å². The summed E-state index contributed by atoms with van der Waals surface area (Å²) < 4.78 is 28.7. The van der Waals surface area contributed by atoms with Crippen LogP contribution in [0.25, 0.3) is 5.82 Å². The highest BCUT2D eigenvalue weighted by atomic mass is 32.2. The van der Waals surface area contributed by atoms with Gasteiger partial charge in [-0.05, 0) is 18.4 Å². The summed E-state index contributed by atoms with van der Waals surface area (Å²) in [5.41, 5.74) is 0. The molecular formula is C14H16N6O2S2. The zero-order chi connectivity index (χ0) is 17.0. The number of thiophene rings is 1. The van der Waals surface area contributed by atoms with E-state index in [1.54, 1.807) is 29.8 Å². The van der Waals surface area contributed by atoms with E-state index in [0.717, 1.165) is 5.82 Å². The minimum Gasteiger partial charge on any atom is -0.369 e. The molecule has 0 spiro atoms. The lowest BCUT2D eigenvalue weighted by molar-refractivity contribution is 0.585. The number of hydrogen-bond acceptors (Lipinski definition) is 7. The van der Waals surface area contributed by atoms with Gasteiger partial charge in [0.2, 0.25) is 10.0 Å². The standard InChI is InChI=1S/C14H16N6O2S2/c1-11-15-6-7-20(11)13-9-12(17-10-18-13)16-4-5-19-24(21,22)14-3-2-8-23-14/h2-3,6-10,19H,4-5H2,1H3,(H,16,17,18). The van der Waals surface area contributed by atoms with Crippen LogP contribution < -0.4 is 10.0 Å². The Hall–Kier alpha value is -2.30. The fourth-order valence-corrected chi connectivity index (χ4v) is 4.13. The van der Waals surface area contributed by atoms with Gasteiger partial charge in [0.1, 0.15) is 28.0 Å². The maximum Gasteiger partial charge on any atom is 0.250 e. The normalized spacial score (nSPS) is 11.5. The van der Waals surface area contributed by atoms with E-state index in [0.29, 0.717) is 22.4 Å². The minimum absolute atomic E-state index is 0.254. The van der Waals surface area contributed by atoms with E-state index in [4.69, 9.17) is 0 Å². The molecule has 126 valence electrons. The monoisotopic (exact) mass is 364 g/mol. The molecule has 0 aliphatic rings. The highest BCUT2D eigenvalue weighted by molar-refractivity contribution is 7.91. The third kappa shape index (κ3) is 3.78. The van der Waals surface area contributed by atoms with Crippen LogP contribution in [0.4, 0.5) is 5.82 Å². The molecule has 2 N–H and O–H groups in total. The Kier molecular flexibility index (Phi) is 4.88. The van der Waals surface area contributed by atoms with Gasteiger partial charge in [-0.3, -0.25) is 4.57 Å². The van der Waals surface area contributed by atoms with Crippen LogP contribution in [0.1, 0.15) is 5.82 Å². The Morgan fingerprint density at radius 2 is 2.12 bits per heavy atom. The highest BCUT2D eigenvalue weighted by Gasteiger charge is 2.13. The zero-order valence-electron chi connectivity index (χ0n) is 12.9. The van der Waals surface area contributed by atoms with Crippen LogP contribution in [0.15, 0.2) is 46.5 Å². The predicted octanol–water partition coefficient (Wildman–Crippen LogP) is 1.42. The van der Waals surface area contributed by atoms with Gasteiger partial charge in [-0.2, -0.15) is 0 Å². The van der Waals surface area contributed by atoms with Crippen molar-refractivity contribution in [2.75, 3.05) is 18.4 Å². The number of nitrogens with one attached hydrogen (secondary N) is 2. The van der Waals surface area contributed by atoms with E-state index in [2.05, 4.69) is 25.0 Å². The Balaban J connectivity index is 1.57. The van der Waals surface area contributed by atoms with Gasteiger partial charge in [0.15, 0.2) is 0 Å². The highest BCUT2D eigenvalue weighted by Crippen LogP contribution is 2.15.